The molecule has 3 N–H and O–H groups in total. The highest BCUT2D eigenvalue weighted by Crippen LogP contribution is 2.13. The second-order valence-electron chi connectivity index (χ2n) is 4.27. The Morgan fingerprint density at radius 3 is 2.40 bits per heavy atom. The number of carbonyl (C=O) groups excluding carboxylic acids is 1. The predicted octanol–water partition coefficient (Wildman–Crippen LogP) is 1.47. The lowest BCUT2D eigenvalue weighted by Crippen LogP contribution is -2.43. The van der Waals surface area contributed by atoms with Crippen molar-refractivity contribution in [3.05, 3.63) is 42.6 Å². The summed E-state index contributed by atoms with van der Waals surface area (Å²) in [6.07, 6.45) is 1.75. The van der Waals surface area contributed by atoms with Crippen LogP contribution in [0.5, 0.6) is 0 Å². The number of amides is 2. The summed E-state index contributed by atoms with van der Waals surface area (Å²) in [5.74, 6) is 0. The molecule has 2 aromatic rings. The molecule has 0 aliphatic carbocycles. The standard InChI is InChI=1S/C9H8N2.C5H10N2O2/c1-2-4-8(5-3-1)9-6-7-10-11-9;6-5(8)7-1-3-9-4-2-7/h1-7H,(H,10,11);1-4H2,(H2,6,8). The molecule has 1 fully saturated rings. The monoisotopic (exact) mass is 274 g/mol. The number of primary amides is 1. The summed E-state index contributed by atoms with van der Waals surface area (Å²) in [7, 11) is 0. The van der Waals surface area contributed by atoms with Gasteiger partial charge in [0.2, 0.25) is 0 Å². The van der Waals surface area contributed by atoms with Crippen LogP contribution in [0.4, 0.5) is 4.79 Å². The number of nitrogens with two attached hydrogens (primary N) is 1. The third kappa shape index (κ3) is 4.10. The number of ether oxygens (including phenoxy) is 1. The van der Waals surface area contributed by atoms with Gasteiger partial charge < -0.3 is 15.4 Å². The molecule has 20 heavy (non-hydrogen) atoms. The van der Waals surface area contributed by atoms with Crippen LogP contribution in [-0.2, 0) is 4.74 Å². The fourth-order valence-corrected chi connectivity index (χ4v) is 1.82. The lowest BCUT2D eigenvalue weighted by Gasteiger charge is -2.24. The highest BCUT2D eigenvalue weighted by atomic mass is 16.5. The normalized spacial score (nSPS) is 14.3. The molecule has 2 amide bonds. The van der Waals surface area contributed by atoms with Gasteiger partial charge in [-0.3, -0.25) is 5.10 Å². The molecule has 2 heterocycles. The minimum Gasteiger partial charge on any atom is -0.378 e. The minimum absolute atomic E-state index is 0.349. The van der Waals surface area contributed by atoms with Crippen LogP contribution in [0.1, 0.15) is 0 Å². The molecule has 1 aliphatic rings. The maximum atomic E-state index is 10.4. The molecular formula is C14H18N4O2. The van der Waals surface area contributed by atoms with Crippen molar-refractivity contribution in [1.29, 1.82) is 0 Å². The van der Waals surface area contributed by atoms with Crippen molar-refractivity contribution in [2.45, 2.75) is 0 Å². The molecule has 1 aromatic heterocycles. The van der Waals surface area contributed by atoms with Crippen LogP contribution in [0, 0.1) is 0 Å². The lowest BCUT2D eigenvalue weighted by molar-refractivity contribution is 0.0554. The zero-order valence-corrected chi connectivity index (χ0v) is 11.2. The van der Waals surface area contributed by atoms with Crippen LogP contribution in [0.2, 0.25) is 0 Å². The van der Waals surface area contributed by atoms with Gasteiger partial charge in [0.25, 0.3) is 0 Å². The zero-order valence-electron chi connectivity index (χ0n) is 11.2. The number of hydrogen-bond acceptors (Lipinski definition) is 3. The number of rotatable bonds is 1. The summed E-state index contributed by atoms with van der Waals surface area (Å²) in [6, 6.07) is 11.7. The molecule has 1 saturated heterocycles. The molecule has 0 unspecified atom stereocenters. The van der Waals surface area contributed by atoms with Gasteiger partial charge in [-0.1, -0.05) is 30.3 Å². The topological polar surface area (TPSA) is 84.2 Å². The number of morpholine rings is 1. The van der Waals surface area contributed by atoms with E-state index in [1.54, 1.807) is 11.1 Å². The van der Waals surface area contributed by atoms with E-state index in [1.165, 1.54) is 5.56 Å². The van der Waals surface area contributed by atoms with Gasteiger partial charge in [0, 0.05) is 19.3 Å². The second kappa shape index (κ2) is 7.30. The van der Waals surface area contributed by atoms with E-state index in [0.29, 0.717) is 26.3 Å². The number of benzene rings is 1. The molecule has 3 rings (SSSR count). The molecule has 0 atom stereocenters. The van der Waals surface area contributed by atoms with Crippen molar-refractivity contribution in [1.82, 2.24) is 15.1 Å². The van der Waals surface area contributed by atoms with Crippen LogP contribution in [0.25, 0.3) is 11.3 Å². The molecule has 1 aliphatic heterocycles. The number of hydrogen-bond donors (Lipinski definition) is 2. The Morgan fingerprint density at radius 2 is 1.90 bits per heavy atom. The first kappa shape index (κ1) is 14.1. The van der Waals surface area contributed by atoms with E-state index in [2.05, 4.69) is 10.2 Å². The van der Waals surface area contributed by atoms with Gasteiger partial charge in [-0.25, -0.2) is 4.79 Å². The molecule has 6 heteroatoms. The third-order valence-corrected chi connectivity index (χ3v) is 2.91. The van der Waals surface area contributed by atoms with E-state index in [-0.39, 0.29) is 6.03 Å². The highest BCUT2D eigenvalue weighted by molar-refractivity contribution is 5.72. The number of nitrogens with zero attached hydrogens (tertiary/aromatic N) is 2. The number of H-pyrrole nitrogens is 1. The van der Waals surface area contributed by atoms with Gasteiger partial charge in [-0.05, 0) is 11.6 Å². The quantitative estimate of drug-likeness (QED) is 0.826. The summed E-state index contributed by atoms with van der Waals surface area (Å²) in [4.78, 5) is 12.0. The van der Waals surface area contributed by atoms with Crippen molar-refractivity contribution >= 4 is 6.03 Å². The fraction of sp³-hybridized carbons (Fsp3) is 0.286. The largest absolute Gasteiger partial charge is 0.378 e. The van der Waals surface area contributed by atoms with Crippen LogP contribution >= 0.6 is 0 Å². The number of aromatic nitrogens is 2. The van der Waals surface area contributed by atoms with E-state index in [4.69, 9.17) is 10.5 Å². The van der Waals surface area contributed by atoms with E-state index < -0.39 is 0 Å². The van der Waals surface area contributed by atoms with Gasteiger partial charge >= 0.3 is 6.03 Å². The van der Waals surface area contributed by atoms with Gasteiger partial charge in [0.15, 0.2) is 0 Å². The van der Waals surface area contributed by atoms with Crippen molar-refractivity contribution in [2.24, 2.45) is 5.73 Å². The maximum Gasteiger partial charge on any atom is 0.314 e. The summed E-state index contributed by atoms with van der Waals surface area (Å²) in [6.45, 7) is 2.50. The van der Waals surface area contributed by atoms with Gasteiger partial charge in [-0.2, -0.15) is 5.10 Å². The first-order valence-electron chi connectivity index (χ1n) is 6.44. The molecule has 0 saturated carbocycles. The summed E-state index contributed by atoms with van der Waals surface area (Å²) in [5, 5.41) is 6.78. The Bertz CT molecular complexity index is 507. The van der Waals surface area contributed by atoms with Crippen molar-refractivity contribution in [3.8, 4) is 11.3 Å². The van der Waals surface area contributed by atoms with Gasteiger partial charge in [-0.15, -0.1) is 0 Å². The second-order valence-corrected chi connectivity index (χ2v) is 4.27. The Balaban J connectivity index is 0.000000151. The summed E-state index contributed by atoms with van der Waals surface area (Å²) < 4.78 is 5.00. The van der Waals surface area contributed by atoms with E-state index >= 15 is 0 Å². The first-order valence-corrected chi connectivity index (χ1v) is 6.44. The van der Waals surface area contributed by atoms with Gasteiger partial charge in [0.1, 0.15) is 0 Å². The first-order chi connectivity index (χ1) is 9.77. The predicted molar refractivity (Wildman–Crippen MR) is 76.0 cm³/mol. The van der Waals surface area contributed by atoms with Crippen molar-refractivity contribution < 1.29 is 9.53 Å². The molecule has 106 valence electrons. The molecule has 0 spiro atoms. The summed E-state index contributed by atoms with van der Waals surface area (Å²) >= 11 is 0. The Labute approximate surface area is 117 Å². The minimum atomic E-state index is -0.349. The number of nitrogens with one attached hydrogen (secondary N) is 1. The lowest BCUT2D eigenvalue weighted by atomic mass is 10.2. The Hall–Kier alpha value is -2.34. The molecule has 6 nitrogen and oxygen atoms in total. The Kier molecular flexibility index (Phi) is 5.14. The summed E-state index contributed by atoms with van der Waals surface area (Å²) in [5.41, 5.74) is 7.23. The van der Waals surface area contributed by atoms with Crippen LogP contribution < -0.4 is 5.73 Å². The Morgan fingerprint density at radius 1 is 1.20 bits per heavy atom. The fourth-order valence-electron chi connectivity index (χ4n) is 1.82. The average Bonchev–Trinajstić information content (AvgIpc) is 3.04. The smallest absolute Gasteiger partial charge is 0.314 e. The maximum absolute atomic E-state index is 10.4. The number of carbonyl (C=O) groups is 1. The highest BCUT2D eigenvalue weighted by Gasteiger charge is 2.12. The van der Waals surface area contributed by atoms with Gasteiger partial charge in [0.05, 0.1) is 18.9 Å². The third-order valence-electron chi connectivity index (χ3n) is 2.91. The molecule has 0 bridgehead atoms. The van der Waals surface area contributed by atoms with Crippen molar-refractivity contribution in [3.63, 3.8) is 0 Å². The molecular weight excluding hydrogens is 256 g/mol. The SMILES string of the molecule is NC(=O)N1CCOCC1.c1ccc(-c2ccn[nH]2)cc1. The van der Waals surface area contributed by atoms with Crippen LogP contribution in [0.15, 0.2) is 42.6 Å². The van der Waals surface area contributed by atoms with E-state index in [1.807, 2.05) is 36.4 Å². The van der Waals surface area contributed by atoms with E-state index in [9.17, 15) is 4.79 Å². The number of urea groups is 1. The molecule has 0 radical (unpaired) electrons. The zero-order chi connectivity index (χ0) is 14.2. The van der Waals surface area contributed by atoms with Crippen LogP contribution in [0.3, 0.4) is 0 Å². The van der Waals surface area contributed by atoms with E-state index in [0.717, 1.165) is 5.69 Å². The average molecular weight is 274 g/mol. The van der Waals surface area contributed by atoms with Crippen molar-refractivity contribution in [2.75, 3.05) is 26.3 Å². The van der Waals surface area contributed by atoms with Crippen LogP contribution in [-0.4, -0.2) is 47.4 Å². The number of aromatic amines is 1. The molecule has 1 aromatic carbocycles.